The first-order chi connectivity index (χ1) is 20.4. The van der Waals surface area contributed by atoms with Crippen LogP contribution in [0.4, 0.5) is 38.7 Å². The number of alkyl halides is 3. The molecule has 2 aliphatic rings. The molecule has 4 heterocycles. The van der Waals surface area contributed by atoms with Crippen LogP contribution >= 0.6 is 11.3 Å². The highest BCUT2D eigenvalue weighted by molar-refractivity contribution is 7.16. The van der Waals surface area contributed by atoms with E-state index in [9.17, 15) is 22.4 Å². The molecule has 2 aliphatic heterocycles. The van der Waals surface area contributed by atoms with Gasteiger partial charge in [0.2, 0.25) is 5.82 Å². The average Bonchev–Trinajstić information content (AvgIpc) is 3.53. The van der Waals surface area contributed by atoms with Gasteiger partial charge in [-0.25, -0.2) is 19.3 Å². The van der Waals surface area contributed by atoms with Gasteiger partial charge in [-0.3, -0.25) is 14.6 Å². The second kappa shape index (κ2) is 13.7. The number of hydrogen-bond donors (Lipinski definition) is 2. The number of aliphatic carboxylic acids is 1. The number of piperazine rings is 1. The first-order valence-electron chi connectivity index (χ1n) is 14.0. The number of benzene rings is 1. The van der Waals surface area contributed by atoms with Gasteiger partial charge in [-0.15, -0.1) is 0 Å². The van der Waals surface area contributed by atoms with Crippen LogP contribution in [0.5, 0.6) is 0 Å². The number of carbonyl (C=O) groups is 1. The topological polar surface area (TPSA) is 97.7 Å². The zero-order valence-corrected chi connectivity index (χ0v) is 24.5. The molecule has 2 aromatic heterocycles. The number of hydrogen-bond acceptors (Lipinski definition) is 9. The molecule has 2 fully saturated rings. The van der Waals surface area contributed by atoms with E-state index in [2.05, 4.69) is 32.1 Å². The van der Waals surface area contributed by atoms with Gasteiger partial charge in [-0.1, -0.05) is 18.8 Å². The summed E-state index contributed by atoms with van der Waals surface area (Å²) in [5, 5.41) is 12.1. The smallest absolute Gasteiger partial charge is 0.416 e. The Bertz CT molecular complexity index is 1470. The minimum absolute atomic E-state index is 0. The molecule has 2 N–H and O–H groups in total. The fourth-order valence-corrected chi connectivity index (χ4v) is 6.58. The van der Waals surface area contributed by atoms with Gasteiger partial charge < -0.3 is 15.3 Å². The monoisotopic (exact) mass is 641 g/mol. The standard InChI is InChI=1S/C28H32F5N7O2S.CH4/c1-16-4-3-6-39(16)14-21-24(18-10-19(28(31,32)33)12-20(29)11-18)36-27(43-21)37-25-23(30)26(35-15-34-25)40-9-8-38(17(2)13-40)7-5-22(41)42;/h10-12,15-17H,3-9,13-14H2,1-2H3,(H,41,42)(H,34,35,36,37);1H4/t16-,17+;/m1./s1. The first-order valence-corrected chi connectivity index (χ1v) is 14.8. The van der Waals surface area contributed by atoms with Crippen LogP contribution in [0.1, 0.15) is 51.0 Å². The Kier molecular flexibility index (Phi) is 10.4. The third-order valence-corrected chi connectivity index (χ3v) is 8.86. The van der Waals surface area contributed by atoms with E-state index in [-0.39, 0.29) is 54.0 Å². The van der Waals surface area contributed by atoms with Crippen LogP contribution < -0.4 is 10.2 Å². The predicted molar refractivity (Wildman–Crippen MR) is 159 cm³/mol. The summed E-state index contributed by atoms with van der Waals surface area (Å²) in [6.07, 6.45) is -1.54. The molecule has 15 heteroatoms. The summed E-state index contributed by atoms with van der Waals surface area (Å²) in [5.41, 5.74) is -0.941. The number of rotatable bonds is 9. The van der Waals surface area contributed by atoms with E-state index in [0.717, 1.165) is 42.9 Å². The van der Waals surface area contributed by atoms with Crippen molar-refractivity contribution in [3.05, 3.63) is 46.6 Å². The summed E-state index contributed by atoms with van der Waals surface area (Å²) in [6.45, 7) is 6.99. The molecule has 9 nitrogen and oxygen atoms in total. The normalized spacial score (nSPS) is 19.7. The van der Waals surface area contributed by atoms with E-state index in [1.54, 1.807) is 4.90 Å². The molecule has 0 bridgehead atoms. The summed E-state index contributed by atoms with van der Waals surface area (Å²) in [5.74, 6) is -2.71. The summed E-state index contributed by atoms with van der Waals surface area (Å²) in [7, 11) is 0. The molecule has 240 valence electrons. The van der Waals surface area contributed by atoms with Crippen molar-refractivity contribution in [2.24, 2.45) is 0 Å². The van der Waals surface area contributed by atoms with Crippen LogP contribution in [-0.4, -0.2) is 80.6 Å². The van der Waals surface area contributed by atoms with Gasteiger partial charge in [0.1, 0.15) is 12.1 Å². The third-order valence-electron chi connectivity index (χ3n) is 7.91. The van der Waals surface area contributed by atoms with Gasteiger partial charge in [0.05, 0.1) is 17.7 Å². The largest absolute Gasteiger partial charge is 0.481 e. The fourth-order valence-electron chi connectivity index (χ4n) is 5.57. The zero-order chi connectivity index (χ0) is 30.9. The van der Waals surface area contributed by atoms with Crippen molar-refractivity contribution >= 4 is 34.1 Å². The van der Waals surface area contributed by atoms with Gasteiger partial charge in [0, 0.05) is 55.2 Å². The highest BCUT2D eigenvalue weighted by atomic mass is 32.1. The summed E-state index contributed by atoms with van der Waals surface area (Å²) >= 11 is 1.15. The summed E-state index contributed by atoms with van der Waals surface area (Å²) < 4.78 is 70.6. The molecule has 1 aromatic carbocycles. The molecule has 2 atom stereocenters. The van der Waals surface area contributed by atoms with Crippen molar-refractivity contribution in [2.45, 2.75) is 65.3 Å². The van der Waals surface area contributed by atoms with E-state index in [1.807, 2.05) is 11.8 Å². The van der Waals surface area contributed by atoms with Crippen LogP contribution in [0.15, 0.2) is 24.5 Å². The molecule has 0 saturated carbocycles. The van der Waals surface area contributed by atoms with Crippen LogP contribution in [-0.2, 0) is 17.5 Å². The van der Waals surface area contributed by atoms with Gasteiger partial charge >= 0.3 is 12.1 Å². The van der Waals surface area contributed by atoms with E-state index in [4.69, 9.17) is 5.11 Å². The molecule has 0 unspecified atom stereocenters. The first kappa shape index (κ1) is 33.5. The number of thiazole rings is 1. The van der Waals surface area contributed by atoms with E-state index >= 15 is 4.39 Å². The van der Waals surface area contributed by atoms with Crippen molar-refractivity contribution in [3.63, 3.8) is 0 Å². The Balaban J connectivity index is 0.00000442. The van der Waals surface area contributed by atoms with Crippen LogP contribution in [0.3, 0.4) is 0 Å². The number of nitrogens with zero attached hydrogens (tertiary/aromatic N) is 6. The molecule has 0 aliphatic carbocycles. The molecular weight excluding hydrogens is 605 g/mol. The molecule has 0 radical (unpaired) electrons. The number of aromatic nitrogens is 3. The van der Waals surface area contributed by atoms with E-state index in [0.29, 0.717) is 43.7 Å². The van der Waals surface area contributed by atoms with Crippen molar-refractivity contribution in [3.8, 4) is 11.3 Å². The minimum Gasteiger partial charge on any atom is -0.481 e. The quantitative estimate of drug-likeness (QED) is 0.263. The lowest BCUT2D eigenvalue weighted by Crippen LogP contribution is -2.52. The maximum Gasteiger partial charge on any atom is 0.416 e. The van der Waals surface area contributed by atoms with E-state index < -0.39 is 29.3 Å². The Morgan fingerprint density at radius 3 is 2.52 bits per heavy atom. The summed E-state index contributed by atoms with van der Waals surface area (Å²) in [4.78, 5) is 30.3. The lowest BCUT2D eigenvalue weighted by molar-refractivity contribution is -0.138. The maximum absolute atomic E-state index is 15.7. The Labute approximate surface area is 256 Å². The third kappa shape index (κ3) is 7.61. The Morgan fingerprint density at radius 2 is 1.86 bits per heavy atom. The second-order valence-electron chi connectivity index (χ2n) is 10.9. The molecule has 3 aromatic rings. The molecule has 5 rings (SSSR count). The Hall–Kier alpha value is -3.43. The van der Waals surface area contributed by atoms with Crippen molar-refractivity contribution in [2.75, 3.05) is 42.9 Å². The number of carboxylic acid groups (broad SMARTS) is 1. The van der Waals surface area contributed by atoms with Crippen molar-refractivity contribution in [1.82, 2.24) is 24.8 Å². The number of nitrogens with one attached hydrogen (secondary N) is 1. The van der Waals surface area contributed by atoms with Crippen LogP contribution in [0.25, 0.3) is 11.3 Å². The number of halogens is 5. The van der Waals surface area contributed by atoms with Crippen molar-refractivity contribution in [1.29, 1.82) is 0 Å². The van der Waals surface area contributed by atoms with Gasteiger partial charge in [-0.05, 0) is 51.4 Å². The van der Waals surface area contributed by atoms with Gasteiger partial charge in [0.25, 0.3) is 0 Å². The number of likely N-dealkylation sites (tertiary alicyclic amines) is 1. The fraction of sp³-hybridized carbons (Fsp3) is 0.517. The maximum atomic E-state index is 15.7. The van der Waals surface area contributed by atoms with Crippen molar-refractivity contribution < 1.29 is 31.9 Å². The second-order valence-corrected chi connectivity index (χ2v) is 12.0. The zero-order valence-electron chi connectivity index (χ0n) is 23.7. The molecule has 0 spiro atoms. The molecule has 0 amide bonds. The van der Waals surface area contributed by atoms with Gasteiger partial charge in [0.15, 0.2) is 16.8 Å². The van der Waals surface area contributed by atoms with Crippen LogP contribution in [0.2, 0.25) is 0 Å². The number of carboxylic acids is 1. The highest BCUT2D eigenvalue weighted by Crippen LogP contribution is 2.39. The Morgan fingerprint density at radius 1 is 1.09 bits per heavy atom. The highest BCUT2D eigenvalue weighted by Gasteiger charge is 2.33. The average molecular weight is 642 g/mol. The minimum atomic E-state index is -4.74. The molecule has 44 heavy (non-hydrogen) atoms. The SMILES string of the molecule is C.C[C@@H]1CCCN1Cc1sc(Nc2ncnc(N3CCN(CCC(=O)O)[C@@H](C)C3)c2F)nc1-c1cc(F)cc(C(F)(F)F)c1. The molecule has 2 saturated heterocycles. The predicted octanol–water partition coefficient (Wildman–Crippen LogP) is 6.25. The molecular formula is C29H36F5N7O2S. The summed E-state index contributed by atoms with van der Waals surface area (Å²) in [6, 6.07) is 2.56. The van der Waals surface area contributed by atoms with Crippen LogP contribution in [0, 0.1) is 11.6 Å². The lowest BCUT2D eigenvalue weighted by Gasteiger charge is -2.40. The number of anilines is 3. The van der Waals surface area contributed by atoms with Gasteiger partial charge in [-0.2, -0.15) is 17.6 Å². The van der Waals surface area contributed by atoms with E-state index in [1.165, 1.54) is 6.33 Å². The lowest BCUT2D eigenvalue weighted by atomic mass is 10.1.